The van der Waals surface area contributed by atoms with Crippen molar-refractivity contribution in [3.63, 3.8) is 0 Å². The Morgan fingerprint density at radius 1 is 1.07 bits per heavy atom. The molecule has 0 bridgehead atoms. The summed E-state index contributed by atoms with van der Waals surface area (Å²) >= 11 is 12.8. The lowest BCUT2D eigenvalue weighted by Gasteiger charge is -2.11. The molecule has 3 rings (SSSR count). The van der Waals surface area contributed by atoms with E-state index in [1.165, 1.54) is 6.08 Å². The maximum atomic E-state index is 10.9. The second-order valence-corrected chi connectivity index (χ2v) is 7.18. The molecule has 1 heterocycles. The number of hydrogen-bond acceptors (Lipinski definition) is 2. The van der Waals surface area contributed by atoms with Crippen LogP contribution < -0.4 is 0 Å². The molecule has 1 N–H and O–H groups in total. The average molecular weight is 427 g/mol. The predicted molar refractivity (Wildman–Crippen MR) is 119 cm³/mol. The first-order valence-corrected chi connectivity index (χ1v) is 9.91. The topological polar surface area (TPSA) is 55.1 Å². The summed E-state index contributed by atoms with van der Waals surface area (Å²) < 4.78 is 1.89. The first-order chi connectivity index (χ1) is 14.0. The van der Waals surface area contributed by atoms with Gasteiger partial charge in [0.2, 0.25) is 0 Å². The van der Waals surface area contributed by atoms with Crippen LogP contribution in [0.25, 0.3) is 18.2 Å². The van der Waals surface area contributed by atoms with Crippen LogP contribution in [0.3, 0.4) is 0 Å². The fraction of sp³-hybridized carbons (Fsp3) is 0.130. The molecular weight excluding hydrogens is 407 g/mol. The lowest BCUT2D eigenvalue weighted by atomic mass is 10.1. The fourth-order valence-electron chi connectivity index (χ4n) is 2.96. The van der Waals surface area contributed by atoms with E-state index in [-0.39, 0.29) is 5.15 Å². The first-order valence-electron chi connectivity index (χ1n) is 9.15. The summed E-state index contributed by atoms with van der Waals surface area (Å²) in [5, 5.41) is 9.83. The molecule has 3 aromatic rings. The lowest BCUT2D eigenvalue weighted by molar-refractivity contribution is -0.131. The van der Waals surface area contributed by atoms with Crippen molar-refractivity contribution in [3.05, 3.63) is 93.0 Å². The van der Waals surface area contributed by atoms with Crippen molar-refractivity contribution in [2.75, 3.05) is 0 Å². The van der Waals surface area contributed by atoms with Crippen molar-refractivity contribution >= 4 is 47.4 Å². The summed E-state index contributed by atoms with van der Waals surface area (Å²) in [6, 6.07) is 15.9. The minimum absolute atomic E-state index is 0.276. The number of rotatable bonds is 7. The number of carboxylic acids is 1. The molecule has 148 valence electrons. The van der Waals surface area contributed by atoms with Gasteiger partial charge in [-0.2, -0.15) is 0 Å². The van der Waals surface area contributed by atoms with E-state index >= 15 is 0 Å². The number of aryl methyl sites for hydroxylation is 1. The van der Waals surface area contributed by atoms with E-state index in [0.29, 0.717) is 23.7 Å². The number of carbonyl (C=O) groups is 1. The maximum Gasteiger partial charge on any atom is 0.328 e. The van der Waals surface area contributed by atoms with Gasteiger partial charge in [-0.15, -0.1) is 0 Å². The molecule has 0 amide bonds. The van der Waals surface area contributed by atoms with Gasteiger partial charge in [0.15, 0.2) is 5.15 Å². The molecule has 29 heavy (non-hydrogen) atoms. The van der Waals surface area contributed by atoms with Gasteiger partial charge in [0.25, 0.3) is 0 Å². The zero-order valence-corrected chi connectivity index (χ0v) is 17.4. The molecule has 0 radical (unpaired) electrons. The third-order valence-corrected chi connectivity index (χ3v) is 5.04. The van der Waals surface area contributed by atoms with Gasteiger partial charge in [-0.1, -0.05) is 84.7 Å². The minimum Gasteiger partial charge on any atom is -0.478 e. The number of nitrogens with zero attached hydrogens (tertiary/aromatic N) is 2. The van der Waals surface area contributed by atoms with Crippen molar-refractivity contribution in [1.29, 1.82) is 0 Å². The van der Waals surface area contributed by atoms with Crippen LogP contribution in [0.4, 0.5) is 0 Å². The first kappa shape index (κ1) is 20.9. The number of imidazole rings is 1. The largest absolute Gasteiger partial charge is 0.478 e. The Labute approximate surface area is 179 Å². The smallest absolute Gasteiger partial charge is 0.328 e. The summed E-state index contributed by atoms with van der Waals surface area (Å²) in [4.78, 5) is 15.2. The van der Waals surface area contributed by atoms with Gasteiger partial charge in [0, 0.05) is 17.5 Å². The van der Waals surface area contributed by atoms with Gasteiger partial charge >= 0.3 is 5.97 Å². The molecule has 0 aliphatic rings. The quantitative estimate of drug-likeness (QED) is 0.368. The Balaban J connectivity index is 1.87. The molecule has 0 aliphatic heterocycles. The summed E-state index contributed by atoms with van der Waals surface area (Å²) in [7, 11) is 0. The second-order valence-electron chi connectivity index (χ2n) is 6.41. The molecule has 0 saturated heterocycles. The van der Waals surface area contributed by atoms with Crippen LogP contribution >= 0.6 is 23.2 Å². The lowest BCUT2D eigenvalue weighted by Crippen LogP contribution is -2.07. The van der Waals surface area contributed by atoms with E-state index in [4.69, 9.17) is 28.3 Å². The molecule has 2 aromatic carbocycles. The molecule has 0 atom stereocenters. The summed E-state index contributed by atoms with van der Waals surface area (Å²) in [6.07, 6.45) is 7.22. The van der Waals surface area contributed by atoms with Crippen molar-refractivity contribution < 1.29 is 9.90 Å². The Kier molecular flexibility index (Phi) is 6.91. The van der Waals surface area contributed by atoms with Crippen LogP contribution in [0.1, 0.15) is 35.1 Å². The van der Waals surface area contributed by atoms with Crippen LogP contribution in [-0.4, -0.2) is 20.6 Å². The van der Waals surface area contributed by atoms with E-state index in [0.717, 1.165) is 28.6 Å². The van der Waals surface area contributed by atoms with Crippen LogP contribution in [-0.2, 0) is 17.8 Å². The monoisotopic (exact) mass is 426 g/mol. The normalized spacial score (nSPS) is 11.6. The second kappa shape index (κ2) is 9.59. The van der Waals surface area contributed by atoms with Crippen LogP contribution in [0.2, 0.25) is 10.2 Å². The molecule has 6 heteroatoms. The molecule has 0 spiro atoms. The third kappa shape index (κ3) is 5.37. The highest BCUT2D eigenvalue weighted by Gasteiger charge is 2.14. The number of aromatic nitrogens is 2. The summed E-state index contributed by atoms with van der Waals surface area (Å²) in [5.74, 6) is -0.274. The SMILES string of the molecule is CCc1nc(Cl)c(C=CC(=O)O)n1Cc1ccc(C=Cc2ccccc2)cc1Cl. The highest BCUT2D eigenvalue weighted by Crippen LogP contribution is 2.25. The number of halogens is 2. The van der Waals surface area contributed by atoms with Gasteiger partial charge in [-0.3, -0.25) is 0 Å². The van der Waals surface area contributed by atoms with Crippen molar-refractivity contribution in [1.82, 2.24) is 9.55 Å². The molecule has 0 saturated carbocycles. The molecule has 0 unspecified atom stereocenters. The molecule has 4 nitrogen and oxygen atoms in total. The molecule has 0 aliphatic carbocycles. The van der Waals surface area contributed by atoms with E-state index in [2.05, 4.69) is 4.98 Å². The van der Waals surface area contributed by atoms with Crippen LogP contribution in [0.15, 0.2) is 54.6 Å². The van der Waals surface area contributed by atoms with Gasteiger partial charge in [0.05, 0.1) is 12.2 Å². The van der Waals surface area contributed by atoms with Crippen LogP contribution in [0, 0.1) is 0 Å². The predicted octanol–water partition coefficient (Wildman–Crippen LogP) is 6.07. The fourth-order valence-corrected chi connectivity index (χ4v) is 3.47. The molecular formula is C23H20Cl2N2O2. The van der Waals surface area contributed by atoms with E-state index in [1.54, 1.807) is 0 Å². The highest BCUT2D eigenvalue weighted by atomic mass is 35.5. The average Bonchev–Trinajstić information content (AvgIpc) is 3.01. The van der Waals surface area contributed by atoms with Gasteiger partial charge in [-0.25, -0.2) is 9.78 Å². The Bertz CT molecular complexity index is 1070. The summed E-state index contributed by atoms with van der Waals surface area (Å²) in [6.45, 7) is 2.42. The third-order valence-electron chi connectivity index (χ3n) is 4.41. The number of aliphatic carboxylic acids is 1. The Morgan fingerprint density at radius 3 is 2.45 bits per heavy atom. The van der Waals surface area contributed by atoms with E-state index in [9.17, 15) is 4.79 Å². The maximum absolute atomic E-state index is 10.9. The summed E-state index contributed by atoms with van der Waals surface area (Å²) in [5.41, 5.74) is 3.56. The van der Waals surface area contributed by atoms with Crippen molar-refractivity contribution in [2.45, 2.75) is 19.9 Å². The highest BCUT2D eigenvalue weighted by molar-refractivity contribution is 6.31. The zero-order valence-electron chi connectivity index (χ0n) is 15.8. The number of benzene rings is 2. The molecule has 1 aromatic heterocycles. The number of carboxylic acid groups (broad SMARTS) is 1. The zero-order chi connectivity index (χ0) is 20.8. The molecule has 0 fully saturated rings. The van der Waals surface area contributed by atoms with Crippen molar-refractivity contribution in [2.24, 2.45) is 0 Å². The number of hydrogen-bond donors (Lipinski definition) is 1. The van der Waals surface area contributed by atoms with Gasteiger partial charge < -0.3 is 9.67 Å². The van der Waals surface area contributed by atoms with E-state index < -0.39 is 5.97 Å². The van der Waals surface area contributed by atoms with Crippen molar-refractivity contribution in [3.8, 4) is 0 Å². The Hall–Kier alpha value is -2.82. The van der Waals surface area contributed by atoms with E-state index in [1.807, 2.05) is 72.2 Å². The van der Waals surface area contributed by atoms with Gasteiger partial charge in [-0.05, 0) is 28.8 Å². The minimum atomic E-state index is -1.04. The Morgan fingerprint density at radius 2 is 1.79 bits per heavy atom. The standard InChI is InChI=1S/C23H20Cl2N2O2/c1-2-21-26-23(25)20(12-13-22(28)29)27(21)15-18-11-10-17(14-19(18)24)9-8-16-6-4-3-5-7-16/h3-14H,2,15H2,1H3,(H,28,29). The van der Waals surface area contributed by atoms with Gasteiger partial charge in [0.1, 0.15) is 5.82 Å². The van der Waals surface area contributed by atoms with Crippen LogP contribution in [0.5, 0.6) is 0 Å².